The Morgan fingerprint density at radius 1 is 1.36 bits per heavy atom. The Morgan fingerprint density at radius 3 is 3.14 bits per heavy atom. The average molecular weight is 190 g/mol. The molecule has 0 unspecified atom stereocenters. The summed E-state index contributed by atoms with van der Waals surface area (Å²) < 4.78 is 1.91. The van der Waals surface area contributed by atoms with Gasteiger partial charge < -0.3 is 0 Å². The molecule has 74 valence electrons. The van der Waals surface area contributed by atoms with Crippen molar-refractivity contribution in [1.82, 2.24) is 19.6 Å². The standard InChI is InChI=1S/C10H14N4/c1-2-3-4-5-9-7-14-8-12-13-10(14)6-11-9/h6-8H,2-5H2,1H3. The molecule has 0 saturated carbocycles. The van der Waals surface area contributed by atoms with Crippen LogP contribution >= 0.6 is 0 Å². The van der Waals surface area contributed by atoms with Crippen LogP contribution in [-0.2, 0) is 6.42 Å². The molecule has 4 heteroatoms. The topological polar surface area (TPSA) is 43.1 Å². The van der Waals surface area contributed by atoms with Crippen LogP contribution in [0.3, 0.4) is 0 Å². The molecular weight excluding hydrogens is 176 g/mol. The molecule has 0 atom stereocenters. The number of aromatic nitrogens is 4. The van der Waals surface area contributed by atoms with Gasteiger partial charge in [-0.15, -0.1) is 10.2 Å². The highest BCUT2D eigenvalue weighted by molar-refractivity contribution is 5.32. The van der Waals surface area contributed by atoms with Gasteiger partial charge in [0, 0.05) is 6.20 Å². The van der Waals surface area contributed by atoms with E-state index < -0.39 is 0 Å². The van der Waals surface area contributed by atoms with Gasteiger partial charge in [-0.1, -0.05) is 19.8 Å². The quantitative estimate of drug-likeness (QED) is 0.691. The van der Waals surface area contributed by atoms with Crippen molar-refractivity contribution in [3.05, 3.63) is 24.4 Å². The van der Waals surface area contributed by atoms with Gasteiger partial charge in [0.25, 0.3) is 0 Å². The summed E-state index contributed by atoms with van der Waals surface area (Å²) in [4.78, 5) is 4.33. The van der Waals surface area contributed by atoms with Gasteiger partial charge in [-0.2, -0.15) is 0 Å². The maximum Gasteiger partial charge on any atom is 0.179 e. The molecule has 0 saturated heterocycles. The smallest absolute Gasteiger partial charge is 0.179 e. The number of hydrogen-bond acceptors (Lipinski definition) is 3. The highest BCUT2D eigenvalue weighted by atomic mass is 15.2. The highest BCUT2D eigenvalue weighted by Gasteiger charge is 1.98. The lowest BCUT2D eigenvalue weighted by molar-refractivity contribution is 0.704. The van der Waals surface area contributed by atoms with Crippen LogP contribution in [0, 0.1) is 0 Å². The minimum absolute atomic E-state index is 0.809. The molecule has 0 aliphatic heterocycles. The molecule has 0 spiro atoms. The lowest BCUT2D eigenvalue weighted by Gasteiger charge is -1.99. The predicted octanol–water partition coefficient (Wildman–Crippen LogP) is 1.86. The molecular formula is C10H14N4. The van der Waals surface area contributed by atoms with Crippen LogP contribution in [0.2, 0.25) is 0 Å². The molecule has 14 heavy (non-hydrogen) atoms. The Morgan fingerprint density at radius 2 is 2.29 bits per heavy atom. The molecule has 0 aliphatic rings. The van der Waals surface area contributed by atoms with Gasteiger partial charge in [-0.3, -0.25) is 9.38 Å². The molecule has 0 aromatic carbocycles. The minimum Gasteiger partial charge on any atom is -0.286 e. The van der Waals surface area contributed by atoms with Crippen LogP contribution in [-0.4, -0.2) is 19.6 Å². The van der Waals surface area contributed by atoms with Gasteiger partial charge in [-0.05, 0) is 12.8 Å². The predicted molar refractivity (Wildman–Crippen MR) is 54.0 cm³/mol. The van der Waals surface area contributed by atoms with Crippen LogP contribution in [0.1, 0.15) is 31.9 Å². The van der Waals surface area contributed by atoms with Crippen molar-refractivity contribution in [3.63, 3.8) is 0 Å². The van der Waals surface area contributed by atoms with E-state index in [1.54, 1.807) is 12.5 Å². The molecule has 0 aliphatic carbocycles. The lowest BCUT2D eigenvalue weighted by atomic mass is 10.2. The van der Waals surface area contributed by atoms with Crippen LogP contribution in [0.5, 0.6) is 0 Å². The minimum atomic E-state index is 0.809. The Labute approximate surface area is 83.0 Å². The van der Waals surface area contributed by atoms with E-state index in [0.717, 1.165) is 17.8 Å². The van der Waals surface area contributed by atoms with E-state index >= 15 is 0 Å². The first kappa shape index (κ1) is 9.12. The second-order valence-corrected chi connectivity index (χ2v) is 3.43. The summed E-state index contributed by atoms with van der Waals surface area (Å²) in [5, 5.41) is 7.72. The zero-order valence-corrected chi connectivity index (χ0v) is 8.35. The van der Waals surface area contributed by atoms with E-state index in [2.05, 4.69) is 22.1 Å². The van der Waals surface area contributed by atoms with Crippen LogP contribution in [0.15, 0.2) is 18.7 Å². The molecule has 4 nitrogen and oxygen atoms in total. The number of nitrogens with zero attached hydrogens (tertiary/aromatic N) is 4. The molecule has 0 fully saturated rings. The van der Waals surface area contributed by atoms with E-state index in [-0.39, 0.29) is 0 Å². The number of hydrogen-bond donors (Lipinski definition) is 0. The number of fused-ring (bicyclic) bond motifs is 1. The van der Waals surface area contributed by atoms with E-state index in [4.69, 9.17) is 0 Å². The largest absolute Gasteiger partial charge is 0.286 e. The van der Waals surface area contributed by atoms with Crippen molar-refractivity contribution in [2.24, 2.45) is 0 Å². The molecule has 0 N–H and O–H groups in total. The fourth-order valence-electron chi connectivity index (χ4n) is 1.46. The van der Waals surface area contributed by atoms with Crippen molar-refractivity contribution in [2.45, 2.75) is 32.6 Å². The Balaban J connectivity index is 2.10. The molecule has 0 radical (unpaired) electrons. The summed E-state index contributed by atoms with van der Waals surface area (Å²) in [7, 11) is 0. The van der Waals surface area contributed by atoms with Gasteiger partial charge in [0.2, 0.25) is 0 Å². The van der Waals surface area contributed by atoms with Gasteiger partial charge in [0.15, 0.2) is 5.65 Å². The maximum atomic E-state index is 4.33. The van der Waals surface area contributed by atoms with Crippen molar-refractivity contribution >= 4 is 5.65 Å². The van der Waals surface area contributed by atoms with Gasteiger partial charge in [0.05, 0.1) is 11.9 Å². The van der Waals surface area contributed by atoms with Crippen LogP contribution in [0.4, 0.5) is 0 Å². The first-order valence-corrected chi connectivity index (χ1v) is 5.04. The van der Waals surface area contributed by atoms with E-state index in [1.165, 1.54) is 19.3 Å². The molecule has 2 aromatic heterocycles. The summed E-state index contributed by atoms with van der Waals surface area (Å²) in [6.07, 6.45) is 10.2. The third-order valence-corrected chi connectivity index (χ3v) is 2.27. The van der Waals surface area contributed by atoms with Crippen molar-refractivity contribution in [3.8, 4) is 0 Å². The zero-order chi connectivity index (χ0) is 9.80. The van der Waals surface area contributed by atoms with Gasteiger partial charge in [0.1, 0.15) is 6.33 Å². The normalized spacial score (nSPS) is 10.9. The third-order valence-electron chi connectivity index (χ3n) is 2.27. The SMILES string of the molecule is CCCCCc1cn2cnnc2cn1. The second-order valence-electron chi connectivity index (χ2n) is 3.43. The Bertz CT molecular complexity index is 407. The number of aryl methyl sites for hydroxylation is 1. The van der Waals surface area contributed by atoms with Gasteiger partial charge >= 0.3 is 0 Å². The number of rotatable bonds is 4. The zero-order valence-electron chi connectivity index (χ0n) is 8.35. The first-order valence-electron chi connectivity index (χ1n) is 5.04. The lowest BCUT2D eigenvalue weighted by Crippen LogP contribution is -1.94. The molecule has 2 aromatic rings. The number of unbranched alkanes of at least 4 members (excludes halogenated alkanes) is 2. The van der Waals surface area contributed by atoms with Crippen LogP contribution in [0.25, 0.3) is 5.65 Å². The maximum absolute atomic E-state index is 4.33. The van der Waals surface area contributed by atoms with Crippen LogP contribution < -0.4 is 0 Å². The average Bonchev–Trinajstić information content (AvgIpc) is 2.65. The fraction of sp³-hybridized carbons (Fsp3) is 0.500. The first-order chi connectivity index (χ1) is 6.90. The third kappa shape index (κ3) is 1.89. The summed E-state index contributed by atoms with van der Waals surface area (Å²) in [6, 6.07) is 0. The summed E-state index contributed by atoms with van der Waals surface area (Å²) >= 11 is 0. The van der Waals surface area contributed by atoms with Crippen molar-refractivity contribution in [2.75, 3.05) is 0 Å². The molecule has 0 amide bonds. The molecule has 2 rings (SSSR count). The van der Waals surface area contributed by atoms with Gasteiger partial charge in [-0.25, -0.2) is 0 Å². The summed E-state index contributed by atoms with van der Waals surface area (Å²) in [5.41, 5.74) is 1.93. The van der Waals surface area contributed by atoms with Crippen molar-refractivity contribution in [1.29, 1.82) is 0 Å². The van der Waals surface area contributed by atoms with E-state index in [1.807, 2.05) is 10.6 Å². The Kier molecular flexibility index (Phi) is 2.72. The molecule has 0 bridgehead atoms. The summed E-state index contributed by atoms with van der Waals surface area (Å²) in [6.45, 7) is 2.20. The Hall–Kier alpha value is -1.45. The summed E-state index contributed by atoms with van der Waals surface area (Å²) in [5.74, 6) is 0. The molecule has 2 heterocycles. The highest BCUT2D eigenvalue weighted by Crippen LogP contribution is 2.04. The van der Waals surface area contributed by atoms with E-state index in [0.29, 0.717) is 0 Å². The van der Waals surface area contributed by atoms with E-state index in [9.17, 15) is 0 Å². The monoisotopic (exact) mass is 190 g/mol. The fourth-order valence-corrected chi connectivity index (χ4v) is 1.46. The second kappa shape index (κ2) is 4.17. The van der Waals surface area contributed by atoms with Crippen molar-refractivity contribution < 1.29 is 0 Å².